The molecule has 0 fully saturated rings. The van der Waals surface area contributed by atoms with Gasteiger partial charge in [0, 0.05) is 6.92 Å². The van der Waals surface area contributed by atoms with Gasteiger partial charge >= 0.3 is 0 Å². The van der Waals surface area contributed by atoms with Gasteiger partial charge in [-0.05, 0) is 29.8 Å². The largest absolute Gasteiger partial charge is 0.340 e. The highest BCUT2D eigenvalue weighted by molar-refractivity contribution is 9.10. The normalized spacial score (nSPS) is 10.9. The molecule has 0 spiro atoms. The molecule has 0 aliphatic heterocycles. The molecular weight excluding hydrogens is 260 g/mol. The van der Waals surface area contributed by atoms with E-state index in [4.69, 9.17) is 4.52 Å². The predicted octanol–water partition coefficient (Wildman–Crippen LogP) is 2.00. The molecule has 0 amide bonds. The smallest absolute Gasteiger partial charge is 0.223 e. The van der Waals surface area contributed by atoms with E-state index in [1.165, 1.54) is 0 Å². The number of hydrogen-bond acceptors (Lipinski definition) is 4. The van der Waals surface area contributed by atoms with E-state index >= 15 is 0 Å². The Hall–Kier alpha value is -1.17. The zero-order valence-electron chi connectivity index (χ0n) is 8.78. The molecule has 0 bridgehead atoms. The molecule has 6 heteroatoms. The van der Waals surface area contributed by atoms with Crippen LogP contribution in [-0.2, 0) is 6.54 Å². The van der Waals surface area contributed by atoms with E-state index in [1.807, 2.05) is 18.5 Å². The summed E-state index contributed by atoms with van der Waals surface area (Å²) in [7, 11) is 0. The Kier molecular flexibility index (Phi) is 2.60. The van der Waals surface area contributed by atoms with Crippen LogP contribution in [0, 0.1) is 20.8 Å². The van der Waals surface area contributed by atoms with Crippen LogP contribution in [-0.4, -0.2) is 19.9 Å². The molecule has 0 aliphatic rings. The molecule has 0 saturated carbocycles. The standard InChI is InChI=1S/C9H11BrN4O/c1-5-9(10)6(2)14(12-5)4-8-11-7(3)15-13-8/h4H2,1-3H3. The highest BCUT2D eigenvalue weighted by Crippen LogP contribution is 2.20. The lowest BCUT2D eigenvalue weighted by Gasteiger charge is -1.99. The van der Waals surface area contributed by atoms with Gasteiger partial charge in [-0.25, -0.2) is 0 Å². The minimum Gasteiger partial charge on any atom is -0.340 e. The van der Waals surface area contributed by atoms with Crippen LogP contribution in [0.1, 0.15) is 23.1 Å². The summed E-state index contributed by atoms with van der Waals surface area (Å²) < 4.78 is 7.78. The maximum Gasteiger partial charge on any atom is 0.223 e. The molecule has 0 aromatic carbocycles. The minimum atomic E-state index is 0.537. The third-order valence-corrected chi connectivity index (χ3v) is 3.30. The maximum absolute atomic E-state index is 4.90. The highest BCUT2D eigenvalue weighted by Gasteiger charge is 2.11. The Morgan fingerprint density at radius 2 is 2.07 bits per heavy atom. The SMILES string of the molecule is Cc1nc(Cn2nc(C)c(Br)c2C)no1. The molecule has 2 rings (SSSR count). The summed E-state index contributed by atoms with van der Waals surface area (Å²) in [6.07, 6.45) is 0. The number of aromatic nitrogens is 4. The summed E-state index contributed by atoms with van der Waals surface area (Å²) in [6.45, 7) is 6.26. The van der Waals surface area contributed by atoms with Gasteiger partial charge in [0.1, 0.15) is 6.54 Å². The van der Waals surface area contributed by atoms with Gasteiger partial charge in [-0.3, -0.25) is 4.68 Å². The second kappa shape index (κ2) is 3.77. The van der Waals surface area contributed by atoms with Gasteiger partial charge in [-0.1, -0.05) is 5.16 Å². The van der Waals surface area contributed by atoms with Crippen LogP contribution in [0.25, 0.3) is 0 Å². The summed E-state index contributed by atoms with van der Waals surface area (Å²) >= 11 is 3.47. The van der Waals surface area contributed by atoms with Crippen LogP contribution < -0.4 is 0 Å². The molecule has 5 nitrogen and oxygen atoms in total. The lowest BCUT2D eigenvalue weighted by atomic mass is 10.4. The van der Waals surface area contributed by atoms with Crippen molar-refractivity contribution in [3.05, 3.63) is 27.6 Å². The first-order valence-corrected chi connectivity index (χ1v) is 5.36. The van der Waals surface area contributed by atoms with Crippen molar-refractivity contribution in [2.24, 2.45) is 0 Å². The molecule has 15 heavy (non-hydrogen) atoms. The third-order valence-electron chi connectivity index (χ3n) is 2.15. The molecular formula is C9H11BrN4O. The Labute approximate surface area is 95.6 Å². The van der Waals surface area contributed by atoms with Gasteiger partial charge in [0.25, 0.3) is 0 Å². The lowest BCUT2D eigenvalue weighted by molar-refractivity contribution is 0.385. The van der Waals surface area contributed by atoms with E-state index in [0.29, 0.717) is 18.3 Å². The van der Waals surface area contributed by atoms with E-state index in [0.717, 1.165) is 15.9 Å². The van der Waals surface area contributed by atoms with Crippen molar-refractivity contribution < 1.29 is 4.52 Å². The zero-order valence-corrected chi connectivity index (χ0v) is 10.4. The fraction of sp³-hybridized carbons (Fsp3) is 0.444. The number of aryl methyl sites for hydroxylation is 2. The van der Waals surface area contributed by atoms with Crippen LogP contribution in [0.5, 0.6) is 0 Å². The van der Waals surface area contributed by atoms with Crippen LogP contribution in [0.3, 0.4) is 0 Å². The number of rotatable bonds is 2. The van der Waals surface area contributed by atoms with Crippen LogP contribution in [0.2, 0.25) is 0 Å². The highest BCUT2D eigenvalue weighted by atomic mass is 79.9. The number of nitrogens with zero attached hydrogens (tertiary/aromatic N) is 4. The molecule has 0 aliphatic carbocycles. The predicted molar refractivity (Wildman–Crippen MR) is 57.5 cm³/mol. The Balaban J connectivity index is 2.28. The van der Waals surface area contributed by atoms with E-state index in [2.05, 4.69) is 31.2 Å². The maximum atomic E-state index is 4.90. The molecule has 80 valence electrons. The van der Waals surface area contributed by atoms with E-state index in [1.54, 1.807) is 6.92 Å². The quantitative estimate of drug-likeness (QED) is 0.838. The van der Waals surface area contributed by atoms with E-state index < -0.39 is 0 Å². The van der Waals surface area contributed by atoms with Crippen molar-refractivity contribution in [1.82, 2.24) is 19.9 Å². The Morgan fingerprint density at radius 1 is 1.33 bits per heavy atom. The fourth-order valence-electron chi connectivity index (χ4n) is 1.37. The third kappa shape index (κ3) is 1.94. The second-order valence-corrected chi connectivity index (χ2v) is 4.17. The molecule has 0 unspecified atom stereocenters. The van der Waals surface area contributed by atoms with Gasteiger partial charge < -0.3 is 4.52 Å². The summed E-state index contributed by atoms with van der Waals surface area (Å²) in [5, 5.41) is 8.19. The molecule has 2 heterocycles. The second-order valence-electron chi connectivity index (χ2n) is 3.37. The summed E-state index contributed by atoms with van der Waals surface area (Å²) in [5.41, 5.74) is 2.03. The summed E-state index contributed by atoms with van der Waals surface area (Å²) in [5.74, 6) is 1.22. The zero-order chi connectivity index (χ0) is 11.0. The van der Waals surface area contributed by atoms with E-state index in [9.17, 15) is 0 Å². The fourth-order valence-corrected chi connectivity index (χ4v) is 1.65. The average molecular weight is 271 g/mol. The first kappa shape index (κ1) is 10.4. The Morgan fingerprint density at radius 3 is 2.53 bits per heavy atom. The topological polar surface area (TPSA) is 56.7 Å². The molecule has 2 aromatic heterocycles. The van der Waals surface area contributed by atoms with Crippen LogP contribution in [0.15, 0.2) is 9.00 Å². The van der Waals surface area contributed by atoms with Crippen LogP contribution >= 0.6 is 15.9 Å². The number of halogens is 1. The average Bonchev–Trinajstić information content (AvgIpc) is 2.68. The van der Waals surface area contributed by atoms with Crippen molar-refractivity contribution in [2.45, 2.75) is 27.3 Å². The lowest BCUT2D eigenvalue weighted by Crippen LogP contribution is -2.05. The van der Waals surface area contributed by atoms with Gasteiger partial charge in [0.05, 0.1) is 15.9 Å². The van der Waals surface area contributed by atoms with E-state index in [-0.39, 0.29) is 0 Å². The van der Waals surface area contributed by atoms with Gasteiger partial charge in [0.15, 0.2) is 5.82 Å². The molecule has 2 aromatic rings. The van der Waals surface area contributed by atoms with Crippen molar-refractivity contribution in [2.75, 3.05) is 0 Å². The van der Waals surface area contributed by atoms with Gasteiger partial charge in [-0.2, -0.15) is 10.1 Å². The Bertz CT molecular complexity index is 488. The van der Waals surface area contributed by atoms with Crippen molar-refractivity contribution in [3.8, 4) is 0 Å². The molecule has 0 saturated heterocycles. The minimum absolute atomic E-state index is 0.537. The van der Waals surface area contributed by atoms with Gasteiger partial charge in [0.2, 0.25) is 5.89 Å². The summed E-state index contributed by atoms with van der Waals surface area (Å²) in [6, 6.07) is 0. The van der Waals surface area contributed by atoms with Crippen LogP contribution in [0.4, 0.5) is 0 Å². The van der Waals surface area contributed by atoms with Crippen molar-refractivity contribution in [1.29, 1.82) is 0 Å². The summed E-state index contributed by atoms with van der Waals surface area (Å²) in [4.78, 5) is 4.13. The first-order chi connectivity index (χ1) is 7.08. The molecule has 0 radical (unpaired) electrons. The van der Waals surface area contributed by atoms with Crippen molar-refractivity contribution >= 4 is 15.9 Å². The number of hydrogen-bond donors (Lipinski definition) is 0. The molecule has 0 N–H and O–H groups in total. The van der Waals surface area contributed by atoms with Gasteiger partial charge in [-0.15, -0.1) is 0 Å². The molecule has 0 atom stereocenters. The monoisotopic (exact) mass is 270 g/mol. The first-order valence-electron chi connectivity index (χ1n) is 4.56. The van der Waals surface area contributed by atoms with Crippen molar-refractivity contribution in [3.63, 3.8) is 0 Å².